The molecule has 0 spiro atoms. The molecule has 0 amide bonds. The summed E-state index contributed by atoms with van der Waals surface area (Å²) in [4.78, 5) is 10.5. The quantitative estimate of drug-likeness (QED) is 0.432. The van der Waals surface area contributed by atoms with E-state index in [0.717, 1.165) is 22.8 Å². The molecule has 0 fully saturated rings. The number of aliphatic hydroxyl groups excluding tert-OH is 3. The van der Waals surface area contributed by atoms with E-state index in [2.05, 4.69) is 0 Å². The van der Waals surface area contributed by atoms with E-state index in [1.54, 1.807) is 26.0 Å². The maximum Gasteiger partial charge on any atom is 0.328 e. The average molecular weight is 332 g/mol. The van der Waals surface area contributed by atoms with Crippen LogP contribution in [0.25, 0.3) is 12.2 Å². The summed E-state index contributed by atoms with van der Waals surface area (Å²) in [7, 11) is 0. The second-order valence-corrected chi connectivity index (χ2v) is 5.73. The molecule has 0 aliphatic heterocycles. The van der Waals surface area contributed by atoms with Gasteiger partial charge in [0.25, 0.3) is 0 Å². The van der Waals surface area contributed by atoms with Crippen molar-refractivity contribution in [3.8, 4) is 0 Å². The summed E-state index contributed by atoms with van der Waals surface area (Å²) in [6.45, 7) is 3.35. The maximum absolute atomic E-state index is 10.5. The molecule has 0 heterocycles. The summed E-state index contributed by atoms with van der Waals surface area (Å²) < 4.78 is 0. The smallest absolute Gasteiger partial charge is 0.328 e. The molecule has 3 atom stereocenters. The molecular weight excluding hydrogens is 308 g/mol. The van der Waals surface area contributed by atoms with Crippen LogP contribution in [0.4, 0.5) is 0 Å². The lowest BCUT2D eigenvalue weighted by molar-refractivity contribution is -0.131. The number of carboxylic acids is 1. The Morgan fingerprint density at radius 2 is 1.71 bits per heavy atom. The van der Waals surface area contributed by atoms with E-state index < -0.39 is 24.3 Å². The van der Waals surface area contributed by atoms with Gasteiger partial charge in [-0.3, -0.25) is 0 Å². The first kappa shape index (κ1) is 19.8. The van der Waals surface area contributed by atoms with Gasteiger partial charge in [0.15, 0.2) is 0 Å². The van der Waals surface area contributed by atoms with E-state index in [9.17, 15) is 20.1 Å². The Labute approximate surface area is 141 Å². The largest absolute Gasteiger partial charge is 0.478 e. The minimum absolute atomic E-state index is 0.104. The lowest BCUT2D eigenvalue weighted by Crippen LogP contribution is -2.27. The van der Waals surface area contributed by atoms with Crippen LogP contribution >= 0.6 is 0 Å². The van der Waals surface area contributed by atoms with Gasteiger partial charge in [0.05, 0.1) is 18.3 Å². The third kappa shape index (κ3) is 7.87. The zero-order valence-corrected chi connectivity index (χ0v) is 13.8. The van der Waals surface area contributed by atoms with Crippen molar-refractivity contribution >= 4 is 18.1 Å². The first-order chi connectivity index (χ1) is 11.3. The van der Waals surface area contributed by atoms with Gasteiger partial charge in [0.1, 0.15) is 0 Å². The number of aliphatic carboxylic acids is 1. The highest BCUT2D eigenvalue weighted by molar-refractivity contribution is 5.85. The topological polar surface area (TPSA) is 98.0 Å². The molecule has 1 aromatic rings. The van der Waals surface area contributed by atoms with E-state index in [0.29, 0.717) is 0 Å². The summed E-state index contributed by atoms with van der Waals surface area (Å²) in [5, 5.41) is 37.4. The van der Waals surface area contributed by atoms with E-state index >= 15 is 0 Å². The third-order valence-corrected chi connectivity index (χ3v) is 3.28. The van der Waals surface area contributed by atoms with Crippen molar-refractivity contribution in [1.29, 1.82) is 0 Å². The second-order valence-electron chi connectivity index (χ2n) is 5.73. The first-order valence-corrected chi connectivity index (χ1v) is 7.69. The van der Waals surface area contributed by atoms with Gasteiger partial charge in [-0.1, -0.05) is 42.0 Å². The molecule has 0 bridgehead atoms. The molecule has 0 saturated carbocycles. The molecular formula is C19H24O5. The zero-order valence-electron chi connectivity index (χ0n) is 13.8. The maximum atomic E-state index is 10.5. The highest BCUT2D eigenvalue weighted by Crippen LogP contribution is 2.12. The van der Waals surface area contributed by atoms with Crippen molar-refractivity contribution < 1.29 is 25.2 Å². The zero-order chi connectivity index (χ0) is 18.1. The van der Waals surface area contributed by atoms with Crippen molar-refractivity contribution in [3.05, 3.63) is 59.2 Å². The fraction of sp³-hybridized carbons (Fsp3) is 0.316. The Morgan fingerprint density at radius 1 is 1.12 bits per heavy atom. The number of aliphatic hydroxyl groups is 3. The fourth-order valence-electron chi connectivity index (χ4n) is 2.09. The van der Waals surface area contributed by atoms with Crippen molar-refractivity contribution in [2.24, 2.45) is 0 Å². The van der Waals surface area contributed by atoms with Gasteiger partial charge in [-0.05, 0) is 37.1 Å². The average Bonchev–Trinajstić information content (AvgIpc) is 2.50. The van der Waals surface area contributed by atoms with E-state index in [-0.39, 0.29) is 6.42 Å². The number of hydrogen-bond donors (Lipinski definition) is 4. The van der Waals surface area contributed by atoms with Gasteiger partial charge in [0, 0.05) is 12.5 Å². The van der Waals surface area contributed by atoms with Crippen LogP contribution in [0.5, 0.6) is 0 Å². The van der Waals surface area contributed by atoms with Crippen LogP contribution in [0.3, 0.4) is 0 Å². The van der Waals surface area contributed by atoms with Gasteiger partial charge in [-0.25, -0.2) is 4.79 Å². The molecule has 24 heavy (non-hydrogen) atoms. The van der Waals surface area contributed by atoms with Crippen LogP contribution in [0.1, 0.15) is 31.4 Å². The van der Waals surface area contributed by atoms with Crippen LogP contribution in [-0.4, -0.2) is 44.7 Å². The summed E-state index contributed by atoms with van der Waals surface area (Å²) in [6, 6.07) is 7.33. The minimum atomic E-state index is -1.05. The lowest BCUT2D eigenvalue weighted by atomic mass is 10.0. The van der Waals surface area contributed by atoms with E-state index in [1.165, 1.54) is 12.2 Å². The molecule has 5 heteroatoms. The van der Waals surface area contributed by atoms with Crippen LogP contribution in [0.2, 0.25) is 0 Å². The molecule has 5 nitrogen and oxygen atoms in total. The molecule has 0 saturated heterocycles. The van der Waals surface area contributed by atoms with E-state index in [1.807, 2.05) is 24.3 Å². The van der Waals surface area contributed by atoms with Crippen molar-refractivity contribution in [2.45, 2.75) is 38.6 Å². The number of benzene rings is 1. The van der Waals surface area contributed by atoms with E-state index in [4.69, 9.17) is 5.11 Å². The fourth-order valence-corrected chi connectivity index (χ4v) is 2.09. The number of carboxylic acid groups (broad SMARTS) is 1. The second kappa shape index (κ2) is 9.82. The molecule has 4 N–H and O–H groups in total. The summed E-state index contributed by atoms with van der Waals surface area (Å²) in [5.74, 6) is -1.00. The third-order valence-electron chi connectivity index (χ3n) is 3.28. The summed E-state index contributed by atoms with van der Waals surface area (Å²) >= 11 is 0. The van der Waals surface area contributed by atoms with Crippen LogP contribution in [0.15, 0.2) is 48.1 Å². The van der Waals surface area contributed by atoms with Gasteiger partial charge in [-0.2, -0.15) is 0 Å². The molecule has 1 rings (SSSR count). The van der Waals surface area contributed by atoms with Crippen molar-refractivity contribution in [1.82, 2.24) is 0 Å². The number of allylic oxidation sites excluding steroid dienone is 2. The van der Waals surface area contributed by atoms with Gasteiger partial charge in [-0.15, -0.1) is 0 Å². The predicted molar refractivity (Wildman–Crippen MR) is 94.2 cm³/mol. The Bertz CT molecular complexity index is 628. The Morgan fingerprint density at radius 3 is 2.25 bits per heavy atom. The Hall–Kier alpha value is -2.21. The van der Waals surface area contributed by atoms with Crippen molar-refractivity contribution in [2.75, 3.05) is 0 Å². The van der Waals surface area contributed by atoms with Gasteiger partial charge >= 0.3 is 5.97 Å². The monoisotopic (exact) mass is 332 g/mol. The van der Waals surface area contributed by atoms with Gasteiger partial charge in [0.2, 0.25) is 0 Å². The lowest BCUT2D eigenvalue weighted by Gasteiger charge is -2.16. The molecule has 130 valence electrons. The van der Waals surface area contributed by atoms with Crippen LogP contribution < -0.4 is 0 Å². The molecule has 0 unspecified atom stereocenters. The van der Waals surface area contributed by atoms with Crippen LogP contribution in [0, 0.1) is 0 Å². The Balaban J connectivity index is 2.75. The summed E-state index contributed by atoms with van der Waals surface area (Å²) in [6.07, 6.45) is 5.10. The highest BCUT2D eigenvalue weighted by Gasteiger charge is 2.15. The first-order valence-electron chi connectivity index (χ1n) is 7.69. The molecule has 0 aromatic heterocycles. The molecule has 1 aromatic carbocycles. The standard InChI is InChI=1S/C19H24O5/c1-13(10-17(21)18(22)11-14(2)20)6-7-15-4-3-5-16(12-15)8-9-19(23)24/h3-10,12,14,17-18,20-22H,11H2,1-2H3,(H,23,24)/t14-,17-,18-/m0/s1. The molecule has 0 radical (unpaired) electrons. The van der Waals surface area contributed by atoms with Gasteiger partial charge < -0.3 is 20.4 Å². The predicted octanol–water partition coefficient (Wildman–Crippen LogP) is 2.24. The SMILES string of the molecule is CC(C=Cc1cccc(C=CC(=O)O)c1)=C[C@H](O)[C@@H](O)C[C@H](C)O. The minimum Gasteiger partial charge on any atom is -0.478 e. The number of rotatable bonds is 8. The Kier molecular flexibility index (Phi) is 8.12. The van der Waals surface area contributed by atoms with Crippen molar-refractivity contribution in [3.63, 3.8) is 0 Å². The summed E-state index contributed by atoms with van der Waals surface area (Å²) in [5.41, 5.74) is 2.42. The number of carbonyl (C=O) groups is 1. The normalized spacial score (nSPS) is 16.5. The number of hydrogen-bond acceptors (Lipinski definition) is 4. The van der Waals surface area contributed by atoms with Crippen LogP contribution in [-0.2, 0) is 4.79 Å². The molecule has 0 aliphatic carbocycles. The highest BCUT2D eigenvalue weighted by atomic mass is 16.4. The molecule has 0 aliphatic rings.